The Balaban J connectivity index is 2.98. The number of sulfonamides is 1. The summed E-state index contributed by atoms with van der Waals surface area (Å²) in [4.78, 5) is 9.63. The highest BCUT2D eigenvalue weighted by Crippen LogP contribution is 2.28. The average molecular weight is 320 g/mol. The van der Waals surface area contributed by atoms with Gasteiger partial charge in [0.2, 0.25) is 10.0 Å². The lowest BCUT2D eigenvalue weighted by Gasteiger charge is -2.13. The van der Waals surface area contributed by atoms with Crippen LogP contribution in [0.25, 0.3) is 0 Å². The average Bonchev–Trinajstić information content (AvgIpc) is 2.35. The van der Waals surface area contributed by atoms with Crippen LogP contribution in [0.3, 0.4) is 0 Å². The van der Waals surface area contributed by atoms with Crippen molar-refractivity contribution in [2.45, 2.75) is 24.3 Å². The molecule has 1 aromatic rings. The van der Waals surface area contributed by atoms with Gasteiger partial charge in [0.1, 0.15) is 0 Å². The molecule has 0 saturated carbocycles. The molecule has 1 rings (SSSR count). The van der Waals surface area contributed by atoms with Crippen molar-refractivity contribution in [3.8, 4) is 5.75 Å². The number of nitrogens with one attached hydrogen (secondary N) is 1. The van der Waals surface area contributed by atoms with Crippen molar-refractivity contribution in [2.75, 3.05) is 12.0 Å². The van der Waals surface area contributed by atoms with Gasteiger partial charge in [0, 0.05) is 12.1 Å². The van der Waals surface area contributed by atoms with E-state index < -0.39 is 26.4 Å². The lowest BCUT2D eigenvalue weighted by Crippen LogP contribution is -2.33. The molecule has 2 N–H and O–H groups in total. The van der Waals surface area contributed by atoms with E-state index in [1.165, 1.54) is 0 Å². The van der Waals surface area contributed by atoms with Gasteiger partial charge in [-0.25, -0.2) is 13.1 Å². The fourth-order valence-corrected chi connectivity index (χ4v) is 3.39. The highest BCUT2D eigenvalue weighted by atomic mass is 32.2. The van der Waals surface area contributed by atoms with Crippen LogP contribution in [-0.4, -0.2) is 36.5 Å². The fourth-order valence-electron chi connectivity index (χ4n) is 1.50. The molecule has 0 saturated heterocycles. The van der Waals surface area contributed by atoms with Crippen LogP contribution in [0.1, 0.15) is 13.3 Å². The summed E-state index contributed by atoms with van der Waals surface area (Å²) in [5.74, 6) is 0.240. The van der Waals surface area contributed by atoms with Gasteiger partial charge in [0.15, 0.2) is 5.75 Å². The normalized spacial score (nSPS) is 13.1. The molecule has 9 heteroatoms. The molecule has 0 radical (unpaired) electrons. The van der Waals surface area contributed by atoms with Gasteiger partial charge in [-0.3, -0.25) is 10.1 Å². The minimum Gasteiger partial charge on any atom is -0.502 e. The SMILES string of the molecule is CSCCC(C)NS(=O)(=O)c1ccc(O)c([N+](=O)[O-])c1. The van der Waals surface area contributed by atoms with Crippen molar-refractivity contribution in [3.05, 3.63) is 28.3 Å². The Labute approximate surface area is 121 Å². The zero-order valence-electron chi connectivity index (χ0n) is 11.1. The van der Waals surface area contributed by atoms with E-state index >= 15 is 0 Å². The smallest absolute Gasteiger partial charge is 0.312 e. The standard InChI is InChI=1S/C11H16N2O5S2/c1-8(5-6-19-2)12-20(17,18)9-3-4-11(14)10(7-9)13(15)16/h3-4,7-8,12,14H,5-6H2,1-2H3. The molecular formula is C11H16N2O5S2. The third-order valence-electron chi connectivity index (χ3n) is 2.57. The molecule has 1 aromatic carbocycles. The first kappa shape index (κ1) is 16.7. The minimum atomic E-state index is -3.84. The quantitative estimate of drug-likeness (QED) is 0.585. The number of nitro groups is 1. The predicted molar refractivity (Wildman–Crippen MR) is 77.5 cm³/mol. The Morgan fingerprint density at radius 3 is 2.70 bits per heavy atom. The molecule has 0 spiro atoms. The summed E-state index contributed by atoms with van der Waals surface area (Å²) in [6, 6.07) is 2.70. The summed E-state index contributed by atoms with van der Waals surface area (Å²) in [6.07, 6.45) is 2.57. The van der Waals surface area contributed by atoms with Gasteiger partial charge >= 0.3 is 5.69 Å². The summed E-state index contributed by atoms with van der Waals surface area (Å²) in [7, 11) is -3.84. The van der Waals surface area contributed by atoms with Crippen LogP contribution in [0.4, 0.5) is 5.69 Å². The van der Waals surface area contributed by atoms with Crippen LogP contribution in [0.2, 0.25) is 0 Å². The second-order valence-corrected chi connectivity index (χ2v) is 6.91. The van der Waals surface area contributed by atoms with Crippen molar-refractivity contribution in [1.82, 2.24) is 4.72 Å². The first-order valence-corrected chi connectivity index (χ1v) is 8.64. The largest absolute Gasteiger partial charge is 0.502 e. The number of hydrogen-bond acceptors (Lipinski definition) is 6. The van der Waals surface area contributed by atoms with E-state index in [1.54, 1.807) is 18.7 Å². The lowest BCUT2D eigenvalue weighted by molar-refractivity contribution is -0.386. The molecule has 112 valence electrons. The van der Waals surface area contributed by atoms with Crippen LogP contribution >= 0.6 is 11.8 Å². The minimum absolute atomic E-state index is 0.238. The number of thioether (sulfide) groups is 1. The van der Waals surface area contributed by atoms with Crippen molar-refractivity contribution >= 4 is 27.5 Å². The number of phenolic OH excluding ortho intramolecular Hbond substituents is 1. The van der Waals surface area contributed by atoms with Crippen LogP contribution in [0.5, 0.6) is 5.75 Å². The van der Waals surface area contributed by atoms with Gasteiger partial charge < -0.3 is 5.11 Å². The van der Waals surface area contributed by atoms with Crippen molar-refractivity contribution < 1.29 is 18.4 Å². The van der Waals surface area contributed by atoms with Crippen molar-refractivity contribution in [3.63, 3.8) is 0 Å². The Hall–Kier alpha value is -1.32. The van der Waals surface area contributed by atoms with Crippen LogP contribution in [0.15, 0.2) is 23.1 Å². The summed E-state index contributed by atoms with van der Waals surface area (Å²) in [5, 5.41) is 20.0. The topological polar surface area (TPSA) is 110 Å². The maximum Gasteiger partial charge on any atom is 0.312 e. The molecule has 0 aliphatic carbocycles. The Morgan fingerprint density at radius 1 is 1.50 bits per heavy atom. The van der Waals surface area contributed by atoms with E-state index in [0.717, 1.165) is 24.0 Å². The molecule has 0 aliphatic heterocycles. The zero-order valence-corrected chi connectivity index (χ0v) is 12.7. The van der Waals surface area contributed by atoms with Gasteiger partial charge in [-0.2, -0.15) is 11.8 Å². The first-order chi connectivity index (χ1) is 9.27. The van der Waals surface area contributed by atoms with E-state index in [0.29, 0.717) is 6.42 Å². The predicted octanol–water partition coefficient (Wildman–Crippen LogP) is 1.72. The number of benzene rings is 1. The maximum absolute atomic E-state index is 12.1. The Morgan fingerprint density at radius 2 is 2.15 bits per heavy atom. The molecule has 1 atom stereocenters. The highest BCUT2D eigenvalue weighted by Gasteiger charge is 2.22. The van der Waals surface area contributed by atoms with Crippen molar-refractivity contribution in [1.29, 1.82) is 0 Å². The molecule has 7 nitrogen and oxygen atoms in total. The molecule has 0 amide bonds. The number of nitrogens with zero attached hydrogens (tertiary/aromatic N) is 1. The molecule has 20 heavy (non-hydrogen) atoms. The zero-order chi connectivity index (χ0) is 15.3. The molecule has 0 fully saturated rings. The summed E-state index contributed by atoms with van der Waals surface area (Å²) in [5.41, 5.74) is -0.635. The first-order valence-electron chi connectivity index (χ1n) is 5.76. The van der Waals surface area contributed by atoms with E-state index in [4.69, 9.17) is 0 Å². The summed E-state index contributed by atoms with van der Waals surface area (Å²) < 4.78 is 26.6. The van der Waals surface area contributed by atoms with Crippen LogP contribution < -0.4 is 4.72 Å². The summed E-state index contributed by atoms with van der Waals surface area (Å²) >= 11 is 1.60. The van der Waals surface area contributed by atoms with Gasteiger partial charge in [0.25, 0.3) is 0 Å². The van der Waals surface area contributed by atoms with E-state index in [9.17, 15) is 23.6 Å². The van der Waals surface area contributed by atoms with Gasteiger partial charge in [-0.15, -0.1) is 0 Å². The van der Waals surface area contributed by atoms with Gasteiger partial charge in [-0.05, 0) is 37.5 Å². The molecule has 1 unspecified atom stereocenters. The lowest BCUT2D eigenvalue weighted by atomic mass is 10.3. The summed E-state index contributed by atoms with van der Waals surface area (Å²) in [6.45, 7) is 1.72. The third-order valence-corrected chi connectivity index (χ3v) is 4.80. The maximum atomic E-state index is 12.1. The Bertz CT molecular complexity index is 588. The Kier molecular flexibility index (Phi) is 5.78. The number of hydrogen-bond donors (Lipinski definition) is 2. The number of phenols is 1. The van der Waals surface area contributed by atoms with E-state index in [2.05, 4.69) is 4.72 Å². The van der Waals surface area contributed by atoms with E-state index in [1.807, 2.05) is 6.26 Å². The fraction of sp³-hybridized carbons (Fsp3) is 0.455. The van der Waals surface area contributed by atoms with E-state index in [-0.39, 0.29) is 10.9 Å². The van der Waals surface area contributed by atoms with Gasteiger partial charge in [0.05, 0.1) is 9.82 Å². The van der Waals surface area contributed by atoms with Gasteiger partial charge in [-0.1, -0.05) is 0 Å². The second-order valence-electron chi connectivity index (χ2n) is 4.21. The van der Waals surface area contributed by atoms with Crippen LogP contribution in [-0.2, 0) is 10.0 Å². The molecule has 0 aromatic heterocycles. The highest BCUT2D eigenvalue weighted by molar-refractivity contribution is 7.98. The monoisotopic (exact) mass is 320 g/mol. The number of nitro benzene ring substituents is 1. The second kappa shape index (κ2) is 6.91. The third kappa shape index (κ3) is 4.36. The molecule has 0 heterocycles. The molecular weight excluding hydrogens is 304 g/mol. The van der Waals surface area contributed by atoms with Crippen molar-refractivity contribution in [2.24, 2.45) is 0 Å². The molecule has 0 bridgehead atoms. The molecule has 0 aliphatic rings. The van der Waals surface area contributed by atoms with Crippen LogP contribution in [0, 0.1) is 10.1 Å². The number of rotatable bonds is 7. The number of aromatic hydroxyl groups is 1.